The van der Waals surface area contributed by atoms with E-state index >= 15 is 0 Å². The van der Waals surface area contributed by atoms with Crippen LogP contribution >= 0.6 is 0 Å². The summed E-state index contributed by atoms with van der Waals surface area (Å²) in [6.45, 7) is 3.94. The molecule has 1 aliphatic rings. The lowest BCUT2D eigenvalue weighted by molar-refractivity contribution is 0.0693. The third-order valence-corrected chi connectivity index (χ3v) is 5.27. The summed E-state index contributed by atoms with van der Waals surface area (Å²) in [5, 5.41) is 19.3. The number of nitrogens with one attached hydrogen (secondary N) is 1. The fourth-order valence-electron chi connectivity index (χ4n) is 3.86. The summed E-state index contributed by atoms with van der Waals surface area (Å²) >= 11 is 0. The van der Waals surface area contributed by atoms with Crippen LogP contribution in [0.4, 0.5) is 0 Å². The highest BCUT2D eigenvalue weighted by Crippen LogP contribution is 2.45. The maximum Gasteiger partial charge on any atom is 0.339 e. The van der Waals surface area contributed by atoms with E-state index in [-0.39, 0.29) is 17.1 Å². The van der Waals surface area contributed by atoms with Crippen molar-refractivity contribution in [1.82, 2.24) is 4.98 Å². The molecule has 2 aromatic carbocycles. The number of nitriles is 1. The molecule has 1 aliphatic carbocycles. The number of carboxylic acid groups (broad SMARTS) is 1. The fourth-order valence-corrected chi connectivity index (χ4v) is 3.86. The van der Waals surface area contributed by atoms with Crippen LogP contribution in [0.2, 0.25) is 0 Å². The summed E-state index contributed by atoms with van der Waals surface area (Å²) < 4.78 is 5.24. The molecular formula is C21H16N2O4. The quantitative estimate of drug-likeness (QED) is 0.726. The van der Waals surface area contributed by atoms with Gasteiger partial charge in [-0.1, -0.05) is 19.9 Å². The molecule has 4 rings (SSSR count). The van der Waals surface area contributed by atoms with E-state index in [4.69, 9.17) is 10.00 Å². The number of H-pyrrole nitrogens is 1. The van der Waals surface area contributed by atoms with E-state index in [1.165, 1.54) is 13.2 Å². The Kier molecular flexibility index (Phi) is 3.40. The molecule has 0 unspecified atom stereocenters. The second kappa shape index (κ2) is 5.45. The number of aromatic amines is 1. The van der Waals surface area contributed by atoms with Crippen molar-refractivity contribution >= 4 is 22.7 Å². The van der Waals surface area contributed by atoms with Gasteiger partial charge in [0.25, 0.3) is 0 Å². The third-order valence-electron chi connectivity index (χ3n) is 5.27. The standard InChI is InChI=1S/C21H16N2O4/c1-21(2)14-8-16(27-3)13(20(25)26)7-12(14)18(24)17-11-5-4-10(9-22)6-15(11)23-19(17)21/h4-8,23H,1-3H3,(H,25,26). The zero-order valence-electron chi connectivity index (χ0n) is 15.0. The Labute approximate surface area is 155 Å². The number of aromatic carboxylic acids is 1. The van der Waals surface area contributed by atoms with Crippen molar-refractivity contribution in [3.63, 3.8) is 0 Å². The highest BCUT2D eigenvalue weighted by Gasteiger charge is 2.40. The van der Waals surface area contributed by atoms with Crippen LogP contribution < -0.4 is 4.74 Å². The van der Waals surface area contributed by atoms with Crippen LogP contribution in [0.15, 0.2) is 30.3 Å². The van der Waals surface area contributed by atoms with Gasteiger partial charge in [0.1, 0.15) is 11.3 Å². The number of fused-ring (bicyclic) bond motifs is 4. The van der Waals surface area contributed by atoms with E-state index in [2.05, 4.69) is 11.1 Å². The topological polar surface area (TPSA) is 103 Å². The van der Waals surface area contributed by atoms with Crippen LogP contribution in [-0.4, -0.2) is 29.0 Å². The number of rotatable bonds is 2. The molecule has 6 heteroatoms. The third kappa shape index (κ3) is 2.18. The SMILES string of the molecule is COc1cc2c(cc1C(=O)O)C(=O)c1c([nH]c3cc(C#N)ccc13)C2(C)C. The van der Waals surface area contributed by atoms with E-state index in [1.807, 2.05) is 13.8 Å². The van der Waals surface area contributed by atoms with Gasteiger partial charge in [-0.2, -0.15) is 5.26 Å². The molecule has 0 saturated heterocycles. The van der Waals surface area contributed by atoms with Gasteiger partial charge in [-0.25, -0.2) is 4.79 Å². The monoisotopic (exact) mass is 360 g/mol. The summed E-state index contributed by atoms with van der Waals surface area (Å²) in [6, 6.07) is 10.3. The van der Waals surface area contributed by atoms with Crippen molar-refractivity contribution in [3.05, 3.63) is 63.8 Å². The van der Waals surface area contributed by atoms with Crippen LogP contribution in [-0.2, 0) is 5.41 Å². The molecule has 0 aliphatic heterocycles. The molecule has 0 amide bonds. The predicted molar refractivity (Wildman–Crippen MR) is 98.5 cm³/mol. The lowest BCUT2D eigenvalue weighted by Crippen LogP contribution is -2.30. The van der Waals surface area contributed by atoms with Gasteiger partial charge in [-0.05, 0) is 29.8 Å². The van der Waals surface area contributed by atoms with E-state index in [9.17, 15) is 14.7 Å². The fraction of sp³-hybridized carbons (Fsp3) is 0.190. The van der Waals surface area contributed by atoms with Crippen LogP contribution in [0.5, 0.6) is 5.75 Å². The Morgan fingerprint density at radius 3 is 2.63 bits per heavy atom. The number of aromatic nitrogens is 1. The van der Waals surface area contributed by atoms with Crippen molar-refractivity contribution in [2.45, 2.75) is 19.3 Å². The van der Waals surface area contributed by atoms with Crippen molar-refractivity contribution in [3.8, 4) is 11.8 Å². The number of hydrogen-bond acceptors (Lipinski definition) is 4. The van der Waals surface area contributed by atoms with E-state index in [1.54, 1.807) is 24.3 Å². The Morgan fingerprint density at radius 2 is 2.00 bits per heavy atom. The summed E-state index contributed by atoms with van der Waals surface area (Å²) in [5.41, 5.74) is 2.91. The van der Waals surface area contributed by atoms with Gasteiger partial charge in [0, 0.05) is 27.6 Å². The first-order valence-electron chi connectivity index (χ1n) is 8.36. The van der Waals surface area contributed by atoms with Crippen LogP contribution in [0, 0.1) is 11.3 Å². The van der Waals surface area contributed by atoms with E-state index < -0.39 is 11.4 Å². The van der Waals surface area contributed by atoms with Crippen molar-refractivity contribution in [2.24, 2.45) is 0 Å². The second-order valence-corrected chi connectivity index (χ2v) is 7.10. The number of ether oxygens (including phenoxy) is 1. The molecule has 0 spiro atoms. The summed E-state index contributed by atoms with van der Waals surface area (Å²) in [5.74, 6) is -1.17. The van der Waals surface area contributed by atoms with Gasteiger partial charge in [-0.15, -0.1) is 0 Å². The molecule has 6 nitrogen and oxygen atoms in total. The zero-order valence-corrected chi connectivity index (χ0v) is 15.0. The molecule has 0 fully saturated rings. The molecule has 1 heterocycles. The van der Waals surface area contributed by atoms with Crippen LogP contribution in [0.1, 0.15) is 56.9 Å². The molecule has 27 heavy (non-hydrogen) atoms. The van der Waals surface area contributed by atoms with Crippen molar-refractivity contribution < 1.29 is 19.4 Å². The normalized spacial score (nSPS) is 14.4. The van der Waals surface area contributed by atoms with Gasteiger partial charge in [0.05, 0.1) is 24.3 Å². The van der Waals surface area contributed by atoms with Gasteiger partial charge in [0.15, 0.2) is 5.78 Å². The number of carboxylic acids is 1. The summed E-state index contributed by atoms with van der Waals surface area (Å²) in [4.78, 5) is 28.2. The Hall–Kier alpha value is -3.59. The van der Waals surface area contributed by atoms with Gasteiger partial charge >= 0.3 is 5.97 Å². The number of carbonyl (C=O) groups is 2. The lowest BCUT2D eigenvalue weighted by atomic mass is 9.71. The predicted octanol–water partition coefficient (Wildman–Crippen LogP) is 3.62. The molecule has 0 saturated carbocycles. The average molecular weight is 360 g/mol. The van der Waals surface area contributed by atoms with E-state index in [0.717, 1.165) is 11.1 Å². The van der Waals surface area contributed by atoms with E-state index in [0.29, 0.717) is 27.8 Å². The number of carbonyl (C=O) groups excluding carboxylic acids is 1. The molecule has 3 aromatic rings. The van der Waals surface area contributed by atoms with Crippen LogP contribution in [0.3, 0.4) is 0 Å². The minimum atomic E-state index is -1.15. The van der Waals surface area contributed by atoms with Gasteiger partial charge < -0.3 is 14.8 Å². The number of hydrogen-bond donors (Lipinski definition) is 2. The van der Waals surface area contributed by atoms with Crippen LogP contribution in [0.25, 0.3) is 10.9 Å². The molecule has 0 bridgehead atoms. The second-order valence-electron chi connectivity index (χ2n) is 7.10. The zero-order chi connectivity index (χ0) is 19.5. The van der Waals surface area contributed by atoms with Crippen molar-refractivity contribution in [2.75, 3.05) is 7.11 Å². The number of ketones is 1. The molecule has 2 N–H and O–H groups in total. The maximum absolute atomic E-state index is 13.3. The molecule has 0 atom stereocenters. The minimum absolute atomic E-state index is 0.0459. The largest absolute Gasteiger partial charge is 0.496 e. The van der Waals surface area contributed by atoms with Gasteiger partial charge in [-0.3, -0.25) is 4.79 Å². The molecule has 0 radical (unpaired) electrons. The first-order valence-corrected chi connectivity index (χ1v) is 8.36. The smallest absolute Gasteiger partial charge is 0.339 e. The number of methoxy groups -OCH3 is 1. The highest BCUT2D eigenvalue weighted by atomic mass is 16.5. The summed E-state index contributed by atoms with van der Waals surface area (Å²) in [7, 11) is 1.41. The summed E-state index contributed by atoms with van der Waals surface area (Å²) in [6.07, 6.45) is 0. The first kappa shape index (κ1) is 16.9. The Morgan fingerprint density at radius 1 is 1.26 bits per heavy atom. The number of nitrogens with zero attached hydrogens (tertiary/aromatic N) is 1. The minimum Gasteiger partial charge on any atom is -0.496 e. The lowest BCUT2D eigenvalue weighted by Gasteiger charge is -2.32. The molecule has 134 valence electrons. The Balaban J connectivity index is 2.06. The Bertz CT molecular complexity index is 1200. The number of benzene rings is 2. The highest BCUT2D eigenvalue weighted by molar-refractivity contribution is 6.20. The first-order chi connectivity index (χ1) is 12.8. The van der Waals surface area contributed by atoms with Crippen molar-refractivity contribution in [1.29, 1.82) is 5.26 Å². The van der Waals surface area contributed by atoms with Gasteiger partial charge in [0.2, 0.25) is 0 Å². The maximum atomic E-state index is 13.3. The average Bonchev–Trinajstić information content (AvgIpc) is 3.05. The molecular weight excluding hydrogens is 344 g/mol. The molecule has 1 aromatic heterocycles.